The summed E-state index contributed by atoms with van der Waals surface area (Å²) in [5, 5.41) is 6.41. The maximum Gasteiger partial charge on any atom is 0.191 e. The summed E-state index contributed by atoms with van der Waals surface area (Å²) in [5.74, 6) is 0.791. The van der Waals surface area contributed by atoms with Gasteiger partial charge in [0.2, 0.25) is 0 Å². The SMILES string of the molecule is COc1ccc(CCNC2=NCC(C)N2)cc1F. The van der Waals surface area contributed by atoms with Gasteiger partial charge in [-0.05, 0) is 31.0 Å². The summed E-state index contributed by atoms with van der Waals surface area (Å²) >= 11 is 0. The highest BCUT2D eigenvalue weighted by atomic mass is 19.1. The van der Waals surface area contributed by atoms with Crippen molar-refractivity contribution in [2.75, 3.05) is 20.2 Å². The molecule has 1 aliphatic heterocycles. The minimum atomic E-state index is -0.319. The number of guanidine groups is 1. The van der Waals surface area contributed by atoms with Crippen molar-refractivity contribution in [2.24, 2.45) is 4.99 Å². The molecular weight excluding hydrogens is 233 g/mol. The van der Waals surface area contributed by atoms with Gasteiger partial charge in [0.15, 0.2) is 17.5 Å². The number of rotatable bonds is 4. The first-order valence-electron chi connectivity index (χ1n) is 6.06. The lowest BCUT2D eigenvalue weighted by molar-refractivity contribution is 0.386. The number of nitrogens with zero attached hydrogens (tertiary/aromatic N) is 1. The lowest BCUT2D eigenvalue weighted by atomic mass is 10.1. The number of methoxy groups -OCH3 is 1. The fourth-order valence-corrected chi connectivity index (χ4v) is 1.85. The van der Waals surface area contributed by atoms with Crippen LogP contribution in [0.4, 0.5) is 4.39 Å². The fourth-order valence-electron chi connectivity index (χ4n) is 1.85. The standard InChI is InChI=1S/C13H18FN3O/c1-9-8-16-13(17-9)15-6-5-10-3-4-12(18-2)11(14)7-10/h3-4,7,9H,5-6,8H2,1-2H3,(H2,15,16,17). The molecule has 1 unspecified atom stereocenters. The van der Waals surface area contributed by atoms with Gasteiger partial charge in [-0.25, -0.2) is 4.39 Å². The molecule has 18 heavy (non-hydrogen) atoms. The summed E-state index contributed by atoms with van der Waals surface area (Å²) in [7, 11) is 1.46. The van der Waals surface area contributed by atoms with Crippen LogP contribution in [0, 0.1) is 5.82 Å². The first-order valence-corrected chi connectivity index (χ1v) is 6.06. The van der Waals surface area contributed by atoms with Crippen molar-refractivity contribution in [3.63, 3.8) is 0 Å². The Morgan fingerprint density at radius 3 is 3.00 bits per heavy atom. The number of ether oxygens (including phenoxy) is 1. The largest absolute Gasteiger partial charge is 0.494 e. The van der Waals surface area contributed by atoms with Crippen molar-refractivity contribution < 1.29 is 9.13 Å². The van der Waals surface area contributed by atoms with Gasteiger partial charge < -0.3 is 15.4 Å². The summed E-state index contributed by atoms with van der Waals surface area (Å²) in [6.45, 7) is 3.61. The fraction of sp³-hybridized carbons (Fsp3) is 0.462. The molecule has 0 bridgehead atoms. The second-order valence-electron chi connectivity index (χ2n) is 4.38. The highest BCUT2D eigenvalue weighted by Gasteiger charge is 2.11. The quantitative estimate of drug-likeness (QED) is 0.848. The summed E-state index contributed by atoms with van der Waals surface area (Å²) in [6.07, 6.45) is 0.746. The molecule has 0 aromatic heterocycles. The molecule has 0 saturated carbocycles. The Bertz CT molecular complexity index is 448. The molecule has 1 heterocycles. The molecule has 1 atom stereocenters. The Morgan fingerprint density at radius 1 is 1.56 bits per heavy atom. The monoisotopic (exact) mass is 251 g/mol. The van der Waals surface area contributed by atoms with Gasteiger partial charge in [0.05, 0.1) is 13.7 Å². The smallest absolute Gasteiger partial charge is 0.191 e. The van der Waals surface area contributed by atoms with Gasteiger partial charge in [0.25, 0.3) is 0 Å². The predicted molar refractivity (Wildman–Crippen MR) is 69.6 cm³/mol. The van der Waals surface area contributed by atoms with E-state index in [9.17, 15) is 4.39 Å². The van der Waals surface area contributed by atoms with Crippen LogP contribution in [-0.2, 0) is 6.42 Å². The van der Waals surface area contributed by atoms with E-state index in [1.54, 1.807) is 6.07 Å². The second-order valence-corrected chi connectivity index (χ2v) is 4.38. The van der Waals surface area contributed by atoms with Crippen LogP contribution < -0.4 is 15.4 Å². The van der Waals surface area contributed by atoms with E-state index in [0.29, 0.717) is 6.04 Å². The molecule has 2 rings (SSSR count). The molecule has 0 fully saturated rings. The zero-order valence-corrected chi connectivity index (χ0v) is 10.7. The third kappa shape index (κ3) is 3.12. The van der Waals surface area contributed by atoms with Crippen LogP contribution in [0.1, 0.15) is 12.5 Å². The Morgan fingerprint density at radius 2 is 2.39 bits per heavy atom. The average Bonchev–Trinajstić information content (AvgIpc) is 2.75. The molecule has 5 heteroatoms. The van der Waals surface area contributed by atoms with Crippen LogP contribution in [-0.4, -0.2) is 32.2 Å². The number of aliphatic imine (C=N–C) groups is 1. The molecule has 0 amide bonds. The van der Waals surface area contributed by atoms with Crippen molar-refractivity contribution in [3.05, 3.63) is 29.6 Å². The Hall–Kier alpha value is -1.78. The van der Waals surface area contributed by atoms with Crippen molar-refractivity contribution in [2.45, 2.75) is 19.4 Å². The van der Waals surface area contributed by atoms with Gasteiger partial charge in [0.1, 0.15) is 0 Å². The maximum atomic E-state index is 13.4. The third-order valence-electron chi connectivity index (χ3n) is 2.83. The number of hydrogen-bond donors (Lipinski definition) is 2. The molecule has 1 aromatic rings. The van der Waals surface area contributed by atoms with Gasteiger partial charge in [-0.2, -0.15) is 0 Å². The Labute approximate surface area is 106 Å². The molecule has 98 valence electrons. The molecule has 4 nitrogen and oxygen atoms in total. The lowest BCUT2D eigenvalue weighted by Crippen LogP contribution is -2.38. The first-order chi connectivity index (χ1) is 8.69. The Balaban J connectivity index is 1.82. The van der Waals surface area contributed by atoms with Gasteiger partial charge in [-0.15, -0.1) is 0 Å². The summed E-state index contributed by atoms with van der Waals surface area (Å²) in [4.78, 5) is 4.29. The highest BCUT2D eigenvalue weighted by Crippen LogP contribution is 2.17. The molecule has 0 aliphatic carbocycles. The topological polar surface area (TPSA) is 45.6 Å². The minimum absolute atomic E-state index is 0.280. The first kappa shape index (κ1) is 12.7. The van der Waals surface area contributed by atoms with E-state index < -0.39 is 0 Å². The number of nitrogens with one attached hydrogen (secondary N) is 2. The normalized spacial score (nSPS) is 18.2. The van der Waals surface area contributed by atoms with E-state index in [1.165, 1.54) is 13.2 Å². The average molecular weight is 251 g/mol. The van der Waals surface area contributed by atoms with Crippen molar-refractivity contribution in [1.82, 2.24) is 10.6 Å². The molecule has 0 radical (unpaired) electrons. The Kier molecular flexibility index (Phi) is 4.02. The van der Waals surface area contributed by atoms with E-state index in [-0.39, 0.29) is 11.6 Å². The molecular formula is C13H18FN3O. The molecule has 1 aromatic carbocycles. The van der Waals surface area contributed by atoms with Crippen LogP contribution in [0.15, 0.2) is 23.2 Å². The van der Waals surface area contributed by atoms with Gasteiger partial charge in [0, 0.05) is 12.6 Å². The van der Waals surface area contributed by atoms with Crippen LogP contribution in [0.3, 0.4) is 0 Å². The van der Waals surface area contributed by atoms with Gasteiger partial charge >= 0.3 is 0 Å². The number of halogens is 1. The molecule has 2 N–H and O–H groups in total. The summed E-state index contributed by atoms with van der Waals surface area (Å²) in [5.41, 5.74) is 0.937. The summed E-state index contributed by atoms with van der Waals surface area (Å²) < 4.78 is 18.3. The van der Waals surface area contributed by atoms with Gasteiger partial charge in [-0.1, -0.05) is 6.07 Å². The minimum Gasteiger partial charge on any atom is -0.494 e. The van der Waals surface area contributed by atoms with E-state index in [4.69, 9.17) is 4.74 Å². The third-order valence-corrected chi connectivity index (χ3v) is 2.83. The van der Waals surface area contributed by atoms with Crippen molar-refractivity contribution in [3.8, 4) is 5.75 Å². The van der Waals surface area contributed by atoms with E-state index in [1.807, 2.05) is 6.07 Å². The van der Waals surface area contributed by atoms with Crippen LogP contribution in [0.2, 0.25) is 0 Å². The van der Waals surface area contributed by atoms with E-state index in [0.717, 1.165) is 31.0 Å². The van der Waals surface area contributed by atoms with Crippen LogP contribution in [0.5, 0.6) is 5.75 Å². The van der Waals surface area contributed by atoms with Crippen molar-refractivity contribution >= 4 is 5.96 Å². The zero-order chi connectivity index (χ0) is 13.0. The lowest BCUT2D eigenvalue weighted by Gasteiger charge is -2.09. The zero-order valence-electron chi connectivity index (χ0n) is 10.7. The van der Waals surface area contributed by atoms with Crippen LogP contribution in [0.25, 0.3) is 0 Å². The molecule has 1 aliphatic rings. The molecule has 0 saturated heterocycles. The van der Waals surface area contributed by atoms with Crippen LogP contribution >= 0.6 is 0 Å². The number of hydrogen-bond acceptors (Lipinski definition) is 4. The number of benzene rings is 1. The summed E-state index contributed by atoms with van der Waals surface area (Å²) in [6, 6.07) is 5.42. The predicted octanol–water partition coefficient (Wildman–Crippen LogP) is 1.31. The van der Waals surface area contributed by atoms with Crippen molar-refractivity contribution in [1.29, 1.82) is 0 Å². The van der Waals surface area contributed by atoms with E-state index >= 15 is 0 Å². The molecule has 0 spiro atoms. The van der Waals surface area contributed by atoms with Gasteiger partial charge in [-0.3, -0.25) is 4.99 Å². The highest BCUT2D eigenvalue weighted by molar-refractivity contribution is 5.81. The second kappa shape index (κ2) is 5.71. The van der Waals surface area contributed by atoms with E-state index in [2.05, 4.69) is 22.5 Å². The maximum absolute atomic E-state index is 13.4.